The predicted octanol–water partition coefficient (Wildman–Crippen LogP) is 3.91. The Kier molecular flexibility index (Phi) is 4.11. The molecular formula is C26H22N4O. The molecule has 5 heteroatoms. The van der Waals surface area contributed by atoms with Crippen LogP contribution in [0.15, 0.2) is 72.9 Å². The van der Waals surface area contributed by atoms with Crippen LogP contribution in [0.2, 0.25) is 0 Å². The molecule has 1 spiro atoms. The predicted molar refractivity (Wildman–Crippen MR) is 121 cm³/mol. The molecule has 1 amide bonds. The van der Waals surface area contributed by atoms with Gasteiger partial charge < -0.3 is 10.6 Å². The van der Waals surface area contributed by atoms with Crippen molar-refractivity contribution in [2.24, 2.45) is 0 Å². The van der Waals surface area contributed by atoms with Gasteiger partial charge in [-0.05, 0) is 53.8 Å². The Hall–Kier alpha value is -3.57. The molecule has 2 aliphatic rings. The molecule has 3 heterocycles. The Balaban J connectivity index is 1.27. The Morgan fingerprint density at radius 2 is 1.77 bits per heavy atom. The third-order valence-corrected chi connectivity index (χ3v) is 6.52. The summed E-state index contributed by atoms with van der Waals surface area (Å²) in [6.07, 6.45) is 3.13. The van der Waals surface area contributed by atoms with Crippen molar-refractivity contribution in [1.82, 2.24) is 15.3 Å². The van der Waals surface area contributed by atoms with E-state index in [-0.39, 0.29) is 5.91 Å². The lowest BCUT2D eigenvalue weighted by molar-refractivity contribution is -0.120. The molecule has 2 aromatic heterocycles. The van der Waals surface area contributed by atoms with Gasteiger partial charge in [0.2, 0.25) is 5.91 Å². The molecule has 0 saturated heterocycles. The van der Waals surface area contributed by atoms with Crippen molar-refractivity contribution in [3.8, 4) is 0 Å². The maximum atomic E-state index is 12.9. The topological polar surface area (TPSA) is 66.9 Å². The van der Waals surface area contributed by atoms with E-state index in [2.05, 4.69) is 64.1 Å². The van der Waals surface area contributed by atoms with E-state index >= 15 is 0 Å². The molecule has 5 nitrogen and oxygen atoms in total. The van der Waals surface area contributed by atoms with Crippen molar-refractivity contribution in [2.75, 3.05) is 5.32 Å². The van der Waals surface area contributed by atoms with Crippen LogP contribution in [0, 0.1) is 0 Å². The molecule has 1 atom stereocenters. The SMILES string of the molecule is O=C1Nc2ncccc2C12Cc1cc3ccc(CNCc4ccccc4)nc3cc1C2. The fraction of sp³-hybridized carbons (Fsp3) is 0.192. The Labute approximate surface area is 180 Å². The van der Waals surface area contributed by atoms with Crippen molar-refractivity contribution >= 4 is 22.6 Å². The maximum absolute atomic E-state index is 12.9. The van der Waals surface area contributed by atoms with Crippen LogP contribution < -0.4 is 10.6 Å². The lowest BCUT2D eigenvalue weighted by Gasteiger charge is -2.20. The normalized spacial score (nSPS) is 18.9. The number of carbonyl (C=O) groups excluding carboxylic acids is 1. The van der Waals surface area contributed by atoms with E-state index in [1.165, 1.54) is 16.7 Å². The summed E-state index contributed by atoms with van der Waals surface area (Å²) in [6.45, 7) is 1.53. The zero-order valence-corrected chi connectivity index (χ0v) is 17.1. The van der Waals surface area contributed by atoms with Gasteiger partial charge >= 0.3 is 0 Å². The molecule has 2 N–H and O–H groups in total. The number of hydrogen-bond donors (Lipinski definition) is 2. The zero-order valence-electron chi connectivity index (χ0n) is 17.1. The highest BCUT2D eigenvalue weighted by atomic mass is 16.2. The van der Waals surface area contributed by atoms with E-state index in [9.17, 15) is 4.79 Å². The molecule has 1 unspecified atom stereocenters. The number of aromatic nitrogens is 2. The summed E-state index contributed by atoms with van der Waals surface area (Å²) in [5, 5.41) is 7.57. The van der Waals surface area contributed by atoms with Crippen LogP contribution in [-0.4, -0.2) is 15.9 Å². The maximum Gasteiger partial charge on any atom is 0.237 e. The highest BCUT2D eigenvalue weighted by Gasteiger charge is 2.51. The third kappa shape index (κ3) is 3.01. The van der Waals surface area contributed by atoms with Gasteiger partial charge in [-0.3, -0.25) is 9.78 Å². The van der Waals surface area contributed by atoms with Gasteiger partial charge in [-0.2, -0.15) is 0 Å². The van der Waals surface area contributed by atoms with Gasteiger partial charge in [-0.1, -0.05) is 42.5 Å². The van der Waals surface area contributed by atoms with E-state index < -0.39 is 5.41 Å². The van der Waals surface area contributed by atoms with E-state index in [4.69, 9.17) is 4.98 Å². The smallest absolute Gasteiger partial charge is 0.237 e. The first-order valence-electron chi connectivity index (χ1n) is 10.6. The number of carbonyl (C=O) groups is 1. The number of benzene rings is 2. The highest BCUT2D eigenvalue weighted by molar-refractivity contribution is 6.06. The molecular weight excluding hydrogens is 384 g/mol. The Morgan fingerprint density at radius 3 is 2.65 bits per heavy atom. The number of amides is 1. The molecule has 1 aliphatic carbocycles. The number of hydrogen-bond acceptors (Lipinski definition) is 4. The highest BCUT2D eigenvalue weighted by Crippen LogP contribution is 2.47. The lowest BCUT2D eigenvalue weighted by Crippen LogP contribution is -2.35. The summed E-state index contributed by atoms with van der Waals surface area (Å²) in [5.74, 6) is 0.759. The quantitative estimate of drug-likeness (QED) is 0.539. The number of anilines is 1. The molecule has 2 aromatic carbocycles. The molecule has 1 aliphatic heterocycles. The lowest BCUT2D eigenvalue weighted by atomic mass is 9.79. The van der Waals surface area contributed by atoms with Crippen molar-refractivity contribution in [2.45, 2.75) is 31.3 Å². The first-order chi connectivity index (χ1) is 15.2. The number of rotatable bonds is 4. The molecule has 0 bridgehead atoms. The van der Waals surface area contributed by atoms with Crippen molar-refractivity contribution < 1.29 is 4.79 Å². The Bertz CT molecular complexity index is 1320. The minimum absolute atomic E-state index is 0.0558. The van der Waals surface area contributed by atoms with Gasteiger partial charge in [-0.15, -0.1) is 0 Å². The second kappa shape index (κ2) is 7.00. The van der Waals surface area contributed by atoms with E-state index in [0.29, 0.717) is 25.2 Å². The van der Waals surface area contributed by atoms with Gasteiger partial charge in [0.1, 0.15) is 5.82 Å². The summed E-state index contributed by atoms with van der Waals surface area (Å²) >= 11 is 0. The molecule has 0 radical (unpaired) electrons. The number of fused-ring (bicyclic) bond motifs is 4. The first kappa shape index (κ1) is 18.2. The Morgan fingerprint density at radius 1 is 0.935 bits per heavy atom. The van der Waals surface area contributed by atoms with Crippen LogP contribution in [0.1, 0.15) is 27.9 Å². The summed E-state index contributed by atoms with van der Waals surface area (Å²) in [5.41, 5.74) is 6.18. The number of nitrogens with zero attached hydrogens (tertiary/aromatic N) is 2. The van der Waals surface area contributed by atoms with Crippen LogP contribution in [0.3, 0.4) is 0 Å². The molecule has 4 aromatic rings. The van der Waals surface area contributed by atoms with Gasteiger partial charge in [0, 0.05) is 30.2 Å². The second-order valence-electron chi connectivity index (χ2n) is 8.49. The number of pyridine rings is 2. The molecule has 31 heavy (non-hydrogen) atoms. The average molecular weight is 406 g/mol. The zero-order chi connectivity index (χ0) is 20.8. The fourth-order valence-corrected chi connectivity index (χ4v) is 4.97. The standard InChI is InChI=1S/C26H22N4O/c31-25-26(22-7-4-10-28-24(22)30-25)13-19-11-18-8-9-21(29-23(18)12-20(19)14-26)16-27-15-17-5-2-1-3-6-17/h1-12,27H,13-16H2,(H,28,30,31). The molecule has 0 fully saturated rings. The van der Waals surface area contributed by atoms with Gasteiger partial charge in [0.25, 0.3) is 0 Å². The van der Waals surface area contributed by atoms with Gasteiger partial charge in [0.05, 0.1) is 16.6 Å². The van der Waals surface area contributed by atoms with E-state index in [0.717, 1.165) is 28.7 Å². The minimum atomic E-state index is -0.538. The average Bonchev–Trinajstić information content (AvgIpc) is 3.30. The summed E-state index contributed by atoms with van der Waals surface area (Å²) in [7, 11) is 0. The van der Waals surface area contributed by atoms with E-state index in [1.807, 2.05) is 18.2 Å². The molecule has 152 valence electrons. The van der Waals surface area contributed by atoms with Gasteiger partial charge in [0.15, 0.2) is 0 Å². The summed E-state index contributed by atoms with van der Waals surface area (Å²) in [4.78, 5) is 22.2. The van der Waals surface area contributed by atoms with Crippen molar-refractivity contribution in [1.29, 1.82) is 0 Å². The fourth-order valence-electron chi connectivity index (χ4n) is 4.97. The van der Waals surface area contributed by atoms with Crippen LogP contribution in [0.4, 0.5) is 5.82 Å². The van der Waals surface area contributed by atoms with Crippen LogP contribution in [0.25, 0.3) is 10.9 Å². The first-order valence-corrected chi connectivity index (χ1v) is 10.6. The molecule has 0 saturated carbocycles. The van der Waals surface area contributed by atoms with Crippen molar-refractivity contribution in [3.05, 3.63) is 101 Å². The summed E-state index contributed by atoms with van der Waals surface area (Å²) in [6, 6.07) is 22.9. The van der Waals surface area contributed by atoms with Gasteiger partial charge in [-0.25, -0.2) is 4.98 Å². The van der Waals surface area contributed by atoms with E-state index in [1.54, 1.807) is 6.20 Å². The third-order valence-electron chi connectivity index (χ3n) is 6.52. The minimum Gasteiger partial charge on any atom is -0.310 e. The monoisotopic (exact) mass is 406 g/mol. The second-order valence-corrected chi connectivity index (χ2v) is 8.49. The number of nitrogens with one attached hydrogen (secondary N) is 2. The molecule has 6 rings (SSSR count). The van der Waals surface area contributed by atoms with Crippen LogP contribution in [-0.2, 0) is 36.1 Å². The van der Waals surface area contributed by atoms with Crippen molar-refractivity contribution in [3.63, 3.8) is 0 Å². The largest absolute Gasteiger partial charge is 0.310 e. The summed E-state index contributed by atoms with van der Waals surface area (Å²) < 4.78 is 0. The van der Waals surface area contributed by atoms with Crippen LogP contribution >= 0.6 is 0 Å². The van der Waals surface area contributed by atoms with Crippen LogP contribution in [0.5, 0.6) is 0 Å².